The van der Waals surface area contributed by atoms with Crippen molar-refractivity contribution in [2.45, 2.75) is 11.0 Å². The van der Waals surface area contributed by atoms with Crippen LogP contribution in [0, 0.1) is 5.82 Å². The van der Waals surface area contributed by atoms with Gasteiger partial charge in [0.05, 0.1) is 0 Å². The van der Waals surface area contributed by atoms with Gasteiger partial charge < -0.3 is 10.4 Å². The van der Waals surface area contributed by atoms with Crippen LogP contribution >= 0.6 is 11.8 Å². The average molecular weight is 293 g/mol. The van der Waals surface area contributed by atoms with Crippen LogP contribution in [0.4, 0.5) is 17.6 Å². The van der Waals surface area contributed by atoms with Gasteiger partial charge in [-0.1, -0.05) is 23.9 Å². The summed E-state index contributed by atoms with van der Waals surface area (Å²) < 4.78 is 50.4. The van der Waals surface area contributed by atoms with Crippen LogP contribution in [0.5, 0.6) is 0 Å². The van der Waals surface area contributed by atoms with E-state index in [-0.39, 0.29) is 5.56 Å². The number of carboxylic acid groups (broad SMARTS) is 1. The molecule has 0 spiro atoms. The predicted octanol–water partition coefficient (Wildman–Crippen LogP) is 2.80. The summed E-state index contributed by atoms with van der Waals surface area (Å²) in [7, 11) is 0. The fraction of sp³-hybridized carbons (Fsp3) is 0.182. The maximum atomic E-state index is 12.8. The molecule has 0 radical (unpaired) electrons. The second-order valence-corrected chi connectivity index (χ2v) is 4.85. The lowest BCUT2D eigenvalue weighted by molar-refractivity contribution is -0.141. The lowest BCUT2D eigenvalue weighted by Crippen LogP contribution is -2.45. The summed E-state index contributed by atoms with van der Waals surface area (Å²) in [5.41, 5.74) is -1.11. The van der Waals surface area contributed by atoms with E-state index in [4.69, 9.17) is 0 Å². The fourth-order valence-electron chi connectivity index (χ4n) is 1.59. The quantitative estimate of drug-likeness (QED) is 0.823. The zero-order chi connectivity index (χ0) is 14.3. The summed E-state index contributed by atoms with van der Waals surface area (Å²) in [4.78, 5) is 9.32. The van der Waals surface area contributed by atoms with E-state index < -0.39 is 28.5 Å². The second kappa shape index (κ2) is 4.44. The molecular formula is C11H7F4NO2S. The van der Waals surface area contributed by atoms with Gasteiger partial charge >= 0.3 is 12.1 Å². The molecule has 0 aliphatic carbocycles. The number of hydrogen-bond donors (Lipinski definition) is 2. The van der Waals surface area contributed by atoms with Gasteiger partial charge in [0.1, 0.15) is 11.5 Å². The summed E-state index contributed by atoms with van der Waals surface area (Å²) in [6.45, 7) is 0. The second-order valence-electron chi connectivity index (χ2n) is 3.77. The summed E-state index contributed by atoms with van der Waals surface area (Å²) in [6.07, 6.45) is -4.66. The van der Waals surface area contributed by atoms with E-state index in [1.54, 1.807) is 0 Å². The number of alkyl halides is 3. The molecule has 0 saturated heterocycles. The summed E-state index contributed by atoms with van der Waals surface area (Å²) in [5, 5.41) is 11.9. The molecule has 8 heteroatoms. The third-order valence-electron chi connectivity index (χ3n) is 2.52. The van der Waals surface area contributed by atoms with Gasteiger partial charge in [0, 0.05) is 5.41 Å². The lowest BCUT2D eigenvalue weighted by Gasteiger charge is -2.26. The van der Waals surface area contributed by atoms with E-state index in [2.05, 4.69) is 0 Å². The third-order valence-corrected chi connectivity index (χ3v) is 3.74. The Morgan fingerprint density at radius 1 is 1.26 bits per heavy atom. The molecular weight excluding hydrogens is 286 g/mol. The molecule has 0 fully saturated rings. The van der Waals surface area contributed by atoms with E-state index in [9.17, 15) is 27.5 Å². The Labute approximate surface area is 109 Å². The van der Waals surface area contributed by atoms with Crippen LogP contribution in [0.1, 0.15) is 5.56 Å². The Morgan fingerprint density at radius 2 is 1.84 bits per heavy atom. The van der Waals surface area contributed by atoms with Crippen LogP contribution in [-0.4, -0.2) is 17.3 Å². The van der Waals surface area contributed by atoms with Crippen LogP contribution in [0.3, 0.4) is 0 Å². The first-order valence-corrected chi connectivity index (χ1v) is 5.86. The first kappa shape index (κ1) is 13.7. The highest BCUT2D eigenvalue weighted by molar-refractivity contribution is 8.04. The van der Waals surface area contributed by atoms with Crippen LogP contribution in [0.2, 0.25) is 0 Å². The van der Waals surface area contributed by atoms with Gasteiger partial charge in [-0.05, 0) is 17.7 Å². The van der Waals surface area contributed by atoms with Crippen molar-refractivity contribution < 1.29 is 27.5 Å². The summed E-state index contributed by atoms with van der Waals surface area (Å²) in [5.74, 6) is -2.09. The van der Waals surface area contributed by atoms with Crippen molar-refractivity contribution in [1.29, 1.82) is 0 Å². The highest BCUT2D eigenvalue weighted by atomic mass is 32.2. The fourth-order valence-corrected chi connectivity index (χ4v) is 2.61. The standard InChI is InChI=1S/C11H7F4NO2S/c12-7-3-1-6(2-4-7)10(9(17)18)16-8(5-19-10)11(13,14)15/h1-5,16H,(H,17,18). The van der Waals surface area contributed by atoms with Crippen molar-refractivity contribution in [2.75, 3.05) is 0 Å². The Kier molecular flexibility index (Phi) is 3.21. The normalized spacial score (nSPS) is 22.8. The van der Waals surface area contributed by atoms with Gasteiger partial charge in [-0.2, -0.15) is 13.2 Å². The monoisotopic (exact) mass is 293 g/mol. The molecule has 1 atom stereocenters. The number of benzene rings is 1. The highest BCUT2D eigenvalue weighted by Gasteiger charge is 2.50. The first-order chi connectivity index (χ1) is 8.75. The number of carbonyl (C=O) groups is 1. The Hall–Kier alpha value is -1.70. The smallest absolute Gasteiger partial charge is 0.431 e. The van der Waals surface area contributed by atoms with E-state index in [1.807, 2.05) is 5.32 Å². The van der Waals surface area contributed by atoms with Gasteiger partial charge in [-0.25, -0.2) is 9.18 Å². The minimum absolute atomic E-state index is 0.0295. The van der Waals surface area contributed by atoms with Crippen molar-refractivity contribution in [3.8, 4) is 0 Å². The summed E-state index contributed by atoms with van der Waals surface area (Å²) >= 11 is 0.477. The molecule has 2 rings (SSSR count). The van der Waals surface area contributed by atoms with E-state index in [1.165, 1.54) is 0 Å². The van der Waals surface area contributed by atoms with Crippen LogP contribution in [-0.2, 0) is 9.67 Å². The van der Waals surface area contributed by atoms with Gasteiger partial charge in [-0.3, -0.25) is 0 Å². The van der Waals surface area contributed by atoms with Gasteiger partial charge in [0.15, 0.2) is 0 Å². The maximum Gasteiger partial charge on any atom is 0.431 e. The van der Waals surface area contributed by atoms with Crippen molar-refractivity contribution in [2.24, 2.45) is 0 Å². The molecule has 102 valence electrons. The molecule has 1 aromatic carbocycles. The molecule has 1 aliphatic heterocycles. The molecule has 2 N–H and O–H groups in total. The zero-order valence-electron chi connectivity index (χ0n) is 9.16. The van der Waals surface area contributed by atoms with Gasteiger partial charge in [-0.15, -0.1) is 0 Å². The average Bonchev–Trinajstić information content (AvgIpc) is 2.75. The topological polar surface area (TPSA) is 49.3 Å². The number of nitrogens with one attached hydrogen (secondary N) is 1. The summed E-state index contributed by atoms with van der Waals surface area (Å²) in [6, 6.07) is 4.26. The van der Waals surface area contributed by atoms with E-state index in [0.29, 0.717) is 17.2 Å². The molecule has 0 saturated carbocycles. The third kappa shape index (κ3) is 2.40. The van der Waals surface area contributed by atoms with Gasteiger partial charge in [0.2, 0.25) is 4.87 Å². The molecule has 1 unspecified atom stereocenters. The van der Waals surface area contributed by atoms with E-state index >= 15 is 0 Å². The van der Waals surface area contributed by atoms with Crippen molar-refractivity contribution >= 4 is 17.7 Å². The number of rotatable bonds is 2. The minimum atomic E-state index is -4.66. The number of carboxylic acids is 1. The zero-order valence-corrected chi connectivity index (χ0v) is 9.98. The molecule has 19 heavy (non-hydrogen) atoms. The molecule has 1 heterocycles. The Bertz CT molecular complexity index is 541. The van der Waals surface area contributed by atoms with Crippen LogP contribution in [0.25, 0.3) is 0 Å². The largest absolute Gasteiger partial charge is 0.479 e. The molecule has 1 aromatic rings. The molecule has 0 aromatic heterocycles. The predicted molar refractivity (Wildman–Crippen MR) is 60.6 cm³/mol. The SMILES string of the molecule is O=C(O)C1(c2ccc(F)cc2)NC(C(F)(F)F)=CS1. The number of allylic oxidation sites excluding steroid dienone is 1. The number of halogens is 4. The van der Waals surface area contributed by atoms with Crippen molar-refractivity contribution in [3.05, 3.63) is 46.8 Å². The maximum absolute atomic E-state index is 12.8. The number of thioether (sulfide) groups is 1. The molecule has 0 amide bonds. The van der Waals surface area contributed by atoms with Crippen LogP contribution in [0.15, 0.2) is 35.4 Å². The van der Waals surface area contributed by atoms with Crippen LogP contribution < -0.4 is 5.32 Å². The number of hydrogen-bond acceptors (Lipinski definition) is 3. The first-order valence-electron chi connectivity index (χ1n) is 4.98. The highest BCUT2D eigenvalue weighted by Crippen LogP contribution is 2.44. The van der Waals surface area contributed by atoms with Crippen molar-refractivity contribution in [3.63, 3.8) is 0 Å². The number of aliphatic carboxylic acids is 1. The van der Waals surface area contributed by atoms with Crippen molar-refractivity contribution in [1.82, 2.24) is 5.32 Å². The van der Waals surface area contributed by atoms with Gasteiger partial charge in [0.25, 0.3) is 0 Å². The Morgan fingerprint density at radius 3 is 2.26 bits per heavy atom. The lowest BCUT2D eigenvalue weighted by atomic mass is 10.1. The minimum Gasteiger partial charge on any atom is -0.479 e. The molecule has 1 aliphatic rings. The van der Waals surface area contributed by atoms with E-state index in [0.717, 1.165) is 24.3 Å². The molecule has 0 bridgehead atoms. The molecule has 3 nitrogen and oxygen atoms in total. The Balaban J connectivity index is 2.39.